The van der Waals surface area contributed by atoms with Crippen molar-refractivity contribution in [2.45, 2.75) is 50.0 Å². The minimum atomic E-state index is -3.85. The molecule has 2 N–H and O–H groups in total. The monoisotopic (exact) mass is 488 g/mol. The molecule has 0 saturated carbocycles. The fraction of sp³-hybridized carbons (Fsp3) is 0.375. The van der Waals surface area contributed by atoms with Crippen molar-refractivity contribution in [1.82, 2.24) is 9.62 Å². The number of carbonyl (C=O) groups is 1. The highest BCUT2D eigenvalue weighted by molar-refractivity contribution is 7.91. The summed E-state index contributed by atoms with van der Waals surface area (Å²) in [5.74, 6) is -0.390. The number of thiophene rings is 1. The summed E-state index contributed by atoms with van der Waals surface area (Å²) in [7, 11) is -2.59. The molecule has 33 heavy (non-hydrogen) atoms. The van der Waals surface area contributed by atoms with Gasteiger partial charge in [0.25, 0.3) is 10.0 Å². The van der Waals surface area contributed by atoms with Crippen LogP contribution in [0.5, 0.6) is 5.75 Å². The summed E-state index contributed by atoms with van der Waals surface area (Å²) in [4.78, 5) is 15.6. The zero-order chi connectivity index (χ0) is 23.8. The van der Waals surface area contributed by atoms with Crippen molar-refractivity contribution >= 4 is 38.1 Å². The lowest BCUT2D eigenvalue weighted by Crippen LogP contribution is -2.32. The molecule has 0 unspecified atom stereocenters. The molecule has 0 bridgehead atoms. The van der Waals surface area contributed by atoms with Crippen LogP contribution in [-0.4, -0.2) is 44.1 Å². The van der Waals surface area contributed by atoms with Gasteiger partial charge in [-0.25, -0.2) is 17.9 Å². The summed E-state index contributed by atoms with van der Waals surface area (Å²) in [6, 6.07) is 11.3. The third-order valence-electron chi connectivity index (χ3n) is 6.10. The summed E-state index contributed by atoms with van der Waals surface area (Å²) >= 11 is 1.13. The van der Waals surface area contributed by atoms with Gasteiger partial charge in [0, 0.05) is 36.1 Å². The van der Waals surface area contributed by atoms with Crippen LogP contribution in [0.1, 0.15) is 46.6 Å². The second kappa shape index (κ2) is 9.42. The van der Waals surface area contributed by atoms with Crippen LogP contribution in [-0.2, 0) is 34.3 Å². The first-order valence-corrected chi connectivity index (χ1v) is 13.2. The lowest BCUT2D eigenvalue weighted by Gasteiger charge is -2.27. The Morgan fingerprint density at radius 2 is 2.03 bits per heavy atom. The third kappa shape index (κ3) is 4.63. The van der Waals surface area contributed by atoms with E-state index in [-0.39, 0.29) is 21.6 Å². The number of fused-ring (bicyclic) bond motifs is 2. The van der Waals surface area contributed by atoms with Crippen molar-refractivity contribution in [3.05, 3.63) is 58.0 Å². The second-order valence-corrected chi connectivity index (χ2v) is 11.3. The number of aromatic hydroxyl groups is 1. The van der Waals surface area contributed by atoms with Crippen LogP contribution in [0.3, 0.4) is 0 Å². The van der Waals surface area contributed by atoms with Gasteiger partial charge in [-0.15, -0.1) is 11.3 Å². The number of methoxy groups -OCH3 is 1. The van der Waals surface area contributed by atoms with Crippen LogP contribution >= 0.6 is 11.3 Å². The van der Waals surface area contributed by atoms with Crippen molar-refractivity contribution in [3.63, 3.8) is 0 Å². The minimum Gasteiger partial charge on any atom is -0.508 e. The zero-order valence-corrected chi connectivity index (χ0v) is 20.6. The van der Waals surface area contributed by atoms with Crippen LogP contribution in [0.2, 0.25) is 0 Å². The normalized spacial score (nSPS) is 15.4. The largest absolute Gasteiger partial charge is 0.508 e. The zero-order valence-electron chi connectivity index (χ0n) is 18.9. The van der Waals surface area contributed by atoms with Gasteiger partial charge in [0.15, 0.2) is 0 Å². The maximum Gasteiger partial charge on any atom is 0.340 e. The van der Waals surface area contributed by atoms with E-state index in [2.05, 4.69) is 9.62 Å². The predicted molar refractivity (Wildman–Crippen MR) is 129 cm³/mol. The van der Waals surface area contributed by atoms with Gasteiger partial charge < -0.3 is 9.84 Å². The molecule has 1 aliphatic rings. The Balaban J connectivity index is 1.68. The van der Waals surface area contributed by atoms with Gasteiger partial charge in [-0.1, -0.05) is 37.3 Å². The fourth-order valence-corrected chi connectivity index (χ4v) is 7.45. The Morgan fingerprint density at radius 3 is 2.76 bits per heavy atom. The first-order chi connectivity index (χ1) is 15.7. The van der Waals surface area contributed by atoms with Crippen LogP contribution < -0.4 is 4.72 Å². The van der Waals surface area contributed by atoms with Crippen molar-refractivity contribution < 1.29 is 23.1 Å². The first-order valence-electron chi connectivity index (χ1n) is 10.9. The number of phenolic OH excluding ortho intramolecular Hbond substituents is 1. The van der Waals surface area contributed by atoms with Gasteiger partial charge in [-0.05, 0) is 42.2 Å². The number of nitrogens with one attached hydrogen (secondary N) is 1. The Labute approximate surface area is 198 Å². The third-order valence-corrected chi connectivity index (χ3v) is 9.43. The maximum atomic E-state index is 13.1. The van der Waals surface area contributed by atoms with Gasteiger partial charge in [-0.3, -0.25) is 4.90 Å². The van der Waals surface area contributed by atoms with Crippen molar-refractivity contribution in [1.29, 1.82) is 0 Å². The highest BCUT2D eigenvalue weighted by atomic mass is 32.2. The number of esters is 1. The molecule has 2 aromatic carbocycles. The Morgan fingerprint density at radius 1 is 1.27 bits per heavy atom. The average Bonchev–Trinajstić information content (AvgIpc) is 3.20. The van der Waals surface area contributed by atoms with Gasteiger partial charge in [0.2, 0.25) is 0 Å². The molecule has 9 heteroatoms. The molecule has 0 radical (unpaired) electrons. The van der Waals surface area contributed by atoms with Crippen LogP contribution in [0.15, 0.2) is 40.6 Å². The number of rotatable bonds is 7. The molecular formula is C24H28N2O5S2. The van der Waals surface area contributed by atoms with E-state index in [0.29, 0.717) is 32.5 Å². The van der Waals surface area contributed by atoms with E-state index in [0.717, 1.165) is 38.1 Å². The van der Waals surface area contributed by atoms with E-state index in [1.807, 2.05) is 37.3 Å². The molecule has 0 amide bonds. The van der Waals surface area contributed by atoms with Gasteiger partial charge >= 0.3 is 5.97 Å². The molecular weight excluding hydrogens is 460 g/mol. The maximum absolute atomic E-state index is 13.1. The number of ether oxygens (including phenoxy) is 1. The number of nitrogens with zero attached hydrogens (tertiary/aromatic N) is 1. The molecule has 0 saturated heterocycles. The summed E-state index contributed by atoms with van der Waals surface area (Å²) in [5, 5.41) is 12.6. The quantitative estimate of drug-likeness (QED) is 0.488. The molecule has 3 aromatic rings. The van der Waals surface area contributed by atoms with Crippen molar-refractivity contribution in [3.8, 4) is 5.75 Å². The fourth-order valence-electron chi connectivity index (χ4n) is 4.18. The lowest BCUT2D eigenvalue weighted by atomic mass is 10.0. The number of carbonyl (C=O) groups excluding carboxylic acids is 1. The first kappa shape index (κ1) is 23.7. The Hall–Kier alpha value is -2.46. The van der Waals surface area contributed by atoms with E-state index in [1.54, 1.807) is 13.0 Å². The lowest BCUT2D eigenvalue weighted by molar-refractivity contribution is 0.0595. The summed E-state index contributed by atoms with van der Waals surface area (Å²) < 4.78 is 33.8. The van der Waals surface area contributed by atoms with Gasteiger partial charge in [0.1, 0.15) is 9.96 Å². The number of hydrogen-bond acceptors (Lipinski definition) is 7. The van der Waals surface area contributed by atoms with Gasteiger partial charge in [-0.2, -0.15) is 0 Å². The summed E-state index contributed by atoms with van der Waals surface area (Å²) in [6.07, 6.45) is 1.17. The molecule has 7 nitrogen and oxygen atoms in total. The summed E-state index contributed by atoms with van der Waals surface area (Å²) in [5.41, 5.74) is 1.74. The van der Waals surface area contributed by atoms with Crippen LogP contribution in [0, 0.1) is 0 Å². The molecule has 0 aliphatic carbocycles. The Bertz CT molecular complexity index is 1300. The summed E-state index contributed by atoms with van der Waals surface area (Å²) in [6.45, 7) is 5.33. The SMILES string of the molecule is CC[C@@H](C)NS(=O)(=O)c1sc2c(c1C(=O)OC)CCN(Cc1c(O)ccc3ccccc13)C2. The van der Waals surface area contributed by atoms with E-state index < -0.39 is 16.0 Å². The molecule has 2 heterocycles. The molecule has 1 aromatic heterocycles. The topological polar surface area (TPSA) is 95.9 Å². The number of phenols is 1. The van der Waals surface area contributed by atoms with E-state index in [9.17, 15) is 18.3 Å². The average molecular weight is 489 g/mol. The smallest absolute Gasteiger partial charge is 0.340 e. The molecule has 4 rings (SSSR count). The Kier molecular flexibility index (Phi) is 6.76. The van der Waals surface area contributed by atoms with Gasteiger partial charge in [0.05, 0.1) is 12.7 Å². The van der Waals surface area contributed by atoms with E-state index in [1.165, 1.54) is 7.11 Å². The highest BCUT2D eigenvalue weighted by Crippen LogP contribution is 2.38. The number of benzene rings is 2. The van der Waals surface area contributed by atoms with Crippen LogP contribution in [0.25, 0.3) is 10.8 Å². The molecule has 1 aliphatic heterocycles. The molecule has 1 atom stereocenters. The molecule has 0 fully saturated rings. The van der Waals surface area contributed by atoms with E-state index >= 15 is 0 Å². The van der Waals surface area contributed by atoms with Crippen LogP contribution in [0.4, 0.5) is 0 Å². The highest BCUT2D eigenvalue weighted by Gasteiger charge is 2.34. The molecule has 176 valence electrons. The number of sulfonamides is 1. The molecule has 0 spiro atoms. The second-order valence-electron chi connectivity index (χ2n) is 8.33. The number of hydrogen-bond donors (Lipinski definition) is 2. The predicted octanol–water partition coefficient (Wildman–Crippen LogP) is 4.03. The standard InChI is InChI=1S/C24H28N2O5S2/c1-4-15(2)25-33(29,30)24-22(23(28)31-3)18-11-12-26(14-21(18)32-24)13-19-17-8-6-5-7-16(17)9-10-20(19)27/h5-10,15,25,27H,4,11-14H2,1-3H3/t15-/m1/s1. The van der Waals surface area contributed by atoms with Crippen molar-refractivity contribution in [2.24, 2.45) is 0 Å². The van der Waals surface area contributed by atoms with Crippen molar-refractivity contribution in [2.75, 3.05) is 13.7 Å². The van der Waals surface area contributed by atoms with E-state index in [4.69, 9.17) is 4.74 Å². The minimum absolute atomic E-state index is 0.0227.